The molecule has 0 aliphatic heterocycles. The van der Waals surface area contributed by atoms with E-state index in [0.29, 0.717) is 0 Å². The first-order chi connectivity index (χ1) is 29.5. The second kappa shape index (κ2) is 20.7. The van der Waals surface area contributed by atoms with Gasteiger partial charge in [0.2, 0.25) is 17.2 Å². The molecule has 0 aliphatic carbocycles. The number of carbonyl (C=O) groups is 9. The maximum Gasteiger partial charge on any atom is 0.308 e. The Morgan fingerprint density at radius 2 is 0.444 bits per heavy atom. The first kappa shape index (κ1) is 47.2. The lowest BCUT2D eigenvalue weighted by Crippen LogP contribution is -2.10. The molecule has 0 saturated carbocycles. The quantitative estimate of drug-likeness (QED) is 0.0924. The second-order valence-electron chi connectivity index (χ2n) is 12.5. The van der Waals surface area contributed by atoms with Crippen molar-refractivity contribution in [3.8, 4) is 86.2 Å². The fraction of sp³-hybridized carbons (Fsp3) is 0.214. The van der Waals surface area contributed by atoms with Crippen LogP contribution in [0.15, 0.2) is 54.6 Å². The highest BCUT2D eigenvalue weighted by molar-refractivity contribution is 5.79. The van der Waals surface area contributed by atoms with Gasteiger partial charge < -0.3 is 56.8 Å². The molecule has 0 unspecified atom stereocenters. The molecule has 21 heteroatoms. The van der Waals surface area contributed by atoms with Crippen molar-refractivity contribution in [2.24, 2.45) is 0 Å². The van der Waals surface area contributed by atoms with Crippen LogP contribution < -0.4 is 56.8 Å². The summed E-state index contributed by atoms with van der Waals surface area (Å²) in [7, 11) is 0. The Hall–Kier alpha value is -8.49. The van der Waals surface area contributed by atoms with Gasteiger partial charge in [0.05, 0.1) is 0 Å². The largest absolute Gasteiger partial charge is 0.453 e. The molecule has 4 aromatic carbocycles. The lowest BCUT2D eigenvalue weighted by Gasteiger charge is -2.21. The maximum absolute atomic E-state index is 12.5. The highest BCUT2D eigenvalue weighted by atomic mass is 16.6. The van der Waals surface area contributed by atoms with Crippen molar-refractivity contribution < 1.29 is 100.0 Å². The van der Waals surface area contributed by atoms with Gasteiger partial charge in [-0.3, -0.25) is 43.2 Å². The van der Waals surface area contributed by atoms with E-state index in [1.807, 2.05) is 0 Å². The van der Waals surface area contributed by atoms with Crippen molar-refractivity contribution in [1.29, 1.82) is 0 Å². The van der Waals surface area contributed by atoms with Gasteiger partial charge in [-0.2, -0.15) is 0 Å². The molecule has 0 N–H and O–H groups in total. The molecule has 0 amide bonds. The highest BCUT2D eigenvalue weighted by Crippen LogP contribution is 2.52. The van der Waals surface area contributed by atoms with Crippen LogP contribution in [0.2, 0.25) is 0 Å². The smallest absolute Gasteiger partial charge is 0.308 e. The number of carbonyl (C=O) groups excluding carboxylic acids is 9. The van der Waals surface area contributed by atoms with Crippen molar-refractivity contribution in [1.82, 2.24) is 0 Å². The molecule has 0 aromatic heterocycles. The number of esters is 9. The zero-order valence-electron chi connectivity index (χ0n) is 34.8. The van der Waals surface area contributed by atoms with E-state index in [9.17, 15) is 43.2 Å². The van der Waals surface area contributed by atoms with Crippen LogP contribution in [0.5, 0.6) is 86.2 Å². The average molecular weight is 877 g/mol. The van der Waals surface area contributed by atoms with Crippen molar-refractivity contribution in [3.05, 3.63) is 54.6 Å². The zero-order valence-corrected chi connectivity index (χ0v) is 34.8. The molecule has 4 rings (SSSR count). The van der Waals surface area contributed by atoms with Gasteiger partial charge in [-0.15, -0.1) is 0 Å². The molecule has 0 aliphatic rings. The van der Waals surface area contributed by atoms with Gasteiger partial charge in [-0.05, 0) is 0 Å². The summed E-state index contributed by atoms with van der Waals surface area (Å²) in [6, 6.07) is 9.89. The summed E-state index contributed by atoms with van der Waals surface area (Å²) in [5.41, 5.74) is 0. The molecule has 63 heavy (non-hydrogen) atoms. The van der Waals surface area contributed by atoms with E-state index in [2.05, 4.69) is 0 Å². The van der Waals surface area contributed by atoms with Crippen LogP contribution >= 0.6 is 0 Å². The third-order valence-electron chi connectivity index (χ3n) is 6.80. The third kappa shape index (κ3) is 14.3. The van der Waals surface area contributed by atoms with Gasteiger partial charge in [0.1, 0.15) is 34.5 Å². The summed E-state index contributed by atoms with van der Waals surface area (Å²) >= 11 is 0. The zero-order chi connectivity index (χ0) is 46.7. The summed E-state index contributed by atoms with van der Waals surface area (Å²) < 4.78 is 65.9. The molecule has 0 bridgehead atoms. The number of rotatable bonds is 15. The fourth-order valence-electron chi connectivity index (χ4n) is 5.10. The molecular weight excluding hydrogens is 840 g/mol. The molecule has 21 nitrogen and oxygen atoms in total. The predicted octanol–water partition coefficient (Wildman–Crippen LogP) is 6.39. The van der Waals surface area contributed by atoms with Crippen molar-refractivity contribution in [3.63, 3.8) is 0 Å². The predicted molar refractivity (Wildman–Crippen MR) is 208 cm³/mol. The second-order valence-corrected chi connectivity index (χ2v) is 12.5. The van der Waals surface area contributed by atoms with Gasteiger partial charge >= 0.3 is 53.7 Å². The molecule has 0 fully saturated rings. The molecule has 0 saturated heterocycles. The molecule has 330 valence electrons. The van der Waals surface area contributed by atoms with Crippen molar-refractivity contribution >= 4 is 53.7 Å². The minimum absolute atomic E-state index is 0.141. The SMILES string of the molecule is CC(=O)Oc1cc(OC(C)=O)cc(Oc2c(OC(C)=O)cc(Oc3cc(OC(C)=O)cc(OC(C)=O)c3Oc3c(OC(C)=O)cc(OC(C)=O)cc3OC(C)=O)cc2OC(C)=O)c1. The molecule has 0 atom stereocenters. The van der Waals surface area contributed by atoms with E-state index in [1.54, 1.807) is 0 Å². The van der Waals surface area contributed by atoms with Crippen LogP contribution in [0.25, 0.3) is 0 Å². The lowest BCUT2D eigenvalue weighted by molar-refractivity contribution is -0.133. The summed E-state index contributed by atoms with van der Waals surface area (Å²) in [4.78, 5) is 109. The minimum atomic E-state index is -0.943. The lowest BCUT2D eigenvalue weighted by atomic mass is 10.2. The van der Waals surface area contributed by atoms with Gasteiger partial charge in [0.25, 0.3) is 0 Å². The van der Waals surface area contributed by atoms with Crippen LogP contribution in [-0.2, 0) is 43.2 Å². The Kier molecular flexibility index (Phi) is 15.5. The Labute approximate surface area is 356 Å². The average Bonchev–Trinajstić information content (AvgIpc) is 3.09. The van der Waals surface area contributed by atoms with E-state index in [1.165, 1.54) is 18.2 Å². The van der Waals surface area contributed by atoms with Gasteiger partial charge in [0.15, 0.2) is 34.5 Å². The molecule has 0 spiro atoms. The first-order valence-corrected chi connectivity index (χ1v) is 17.9. The number of ether oxygens (including phenoxy) is 12. The van der Waals surface area contributed by atoms with Crippen LogP contribution in [0, 0.1) is 0 Å². The van der Waals surface area contributed by atoms with E-state index in [-0.39, 0.29) is 34.5 Å². The van der Waals surface area contributed by atoms with E-state index < -0.39 is 105 Å². The van der Waals surface area contributed by atoms with E-state index >= 15 is 0 Å². The van der Waals surface area contributed by atoms with E-state index in [4.69, 9.17) is 56.8 Å². The minimum Gasteiger partial charge on any atom is -0.453 e. The maximum atomic E-state index is 12.5. The van der Waals surface area contributed by atoms with E-state index in [0.717, 1.165) is 98.7 Å². The first-order valence-electron chi connectivity index (χ1n) is 17.9. The molecule has 0 heterocycles. The summed E-state index contributed by atoms with van der Waals surface area (Å²) in [5.74, 6) is -13.7. The summed E-state index contributed by atoms with van der Waals surface area (Å²) in [6.07, 6.45) is 0. The summed E-state index contributed by atoms with van der Waals surface area (Å²) in [5, 5.41) is 0. The van der Waals surface area contributed by atoms with Gasteiger partial charge in [-0.1, -0.05) is 0 Å². The highest BCUT2D eigenvalue weighted by Gasteiger charge is 2.28. The number of hydrogen-bond acceptors (Lipinski definition) is 21. The van der Waals surface area contributed by atoms with Crippen molar-refractivity contribution in [2.75, 3.05) is 0 Å². The van der Waals surface area contributed by atoms with Crippen molar-refractivity contribution in [2.45, 2.75) is 62.3 Å². The summed E-state index contributed by atoms with van der Waals surface area (Å²) in [6.45, 7) is 9.46. The molecule has 4 aromatic rings. The van der Waals surface area contributed by atoms with Crippen LogP contribution in [0.1, 0.15) is 62.3 Å². The Balaban J connectivity index is 2.03. The van der Waals surface area contributed by atoms with Crippen LogP contribution in [0.4, 0.5) is 0 Å². The monoisotopic (exact) mass is 876 g/mol. The normalized spacial score (nSPS) is 10.2. The Bertz CT molecular complexity index is 2430. The fourth-order valence-corrected chi connectivity index (χ4v) is 5.10. The third-order valence-corrected chi connectivity index (χ3v) is 6.80. The van der Waals surface area contributed by atoms with Crippen LogP contribution in [-0.4, -0.2) is 53.7 Å². The molecular formula is C42H36O21. The van der Waals surface area contributed by atoms with Gasteiger partial charge in [-0.25, -0.2) is 0 Å². The Morgan fingerprint density at radius 1 is 0.238 bits per heavy atom. The van der Waals surface area contributed by atoms with Gasteiger partial charge in [0, 0.05) is 117 Å². The number of hydrogen-bond donors (Lipinski definition) is 0. The standard InChI is InChI=1S/C42H36O21/c1-19(43)52-28-10-29(53-20(2)44)12-30(11-28)62-40-34(56-23(5)47)17-33(18-35(40)57-24(6)48)61-39-16-32(55-22(4)46)15-38(60-27(9)51)42(39)63-41-36(58-25(7)49)13-31(54-21(3)45)14-37(41)59-26(8)50/h10-18H,1-9H3. The number of benzene rings is 4. The molecule has 0 radical (unpaired) electrons. The Morgan fingerprint density at radius 3 is 0.746 bits per heavy atom. The van der Waals surface area contributed by atoms with Crippen LogP contribution in [0.3, 0.4) is 0 Å². The topological polar surface area (TPSA) is 264 Å².